The van der Waals surface area contributed by atoms with Crippen LogP contribution in [0.2, 0.25) is 0 Å². The first-order chi connectivity index (χ1) is 15.4. The number of hydrogen-bond acceptors (Lipinski definition) is 3. The minimum atomic E-state index is -4.70. The van der Waals surface area contributed by atoms with Gasteiger partial charge in [-0.05, 0) is 24.2 Å². The summed E-state index contributed by atoms with van der Waals surface area (Å²) in [4.78, 5) is 4.58. The van der Waals surface area contributed by atoms with Crippen molar-refractivity contribution in [1.82, 2.24) is 9.80 Å². The lowest BCUT2D eigenvalue weighted by molar-refractivity contribution is -0.275. The van der Waals surface area contributed by atoms with Crippen molar-refractivity contribution in [2.45, 2.75) is 24.9 Å². The van der Waals surface area contributed by atoms with E-state index in [1.165, 1.54) is 17.2 Å². The van der Waals surface area contributed by atoms with E-state index < -0.39 is 6.36 Å². The molecule has 3 nitrogen and oxygen atoms in total. The normalized spacial score (nSPS) is 18.1. The van der Waals surface area contributed by atoms with Crippen molar-refractivity contribution in [3.05, 3.63) is 102 Å². The van der Waals surface area contributed by atoms with Crippen molar-refractivity contribution >= 4 is 0 Å². The van der Waals surface area contributed by atoms with Gasteiger partial charge in [0.15, 0.2) is 0 Å². The Kier molecular flexibility index (Phi) is 6.82. The number of para-hydroxylation sites is 1. The number of likely N-dealkylation sites (N-methyl/N-ethyl adjacent to an activating group) is 1. The van der Waals surface area contributed by atoms with Gasteiger partial charge in [-0.3, -0.25) is 9.80 Å². The zero-order chi connectivity index (χ0) is 22.6. The number of ether oxygens (including phenoxy) is 1. The average molecular weight is 441 g/mol. The lowest BCUT2D eigenvalue weighted by atomic mass is 9.83. The van der Waals surface area contributed by atoms with Gasteiger partial charge in [-0.15, -0.1) is 13.2 Å². The van der Waals surface area contributed by atoms with Gasteiger partial charge in [0, 0.05) is 43.7 Å². The molecule has 0 aromatic heterocycles. The molecule has 168 valence electrons. The maximum Gasteiger partial charge on any atom is 0.573 e. The van der Waals surface area contributed by atoms with Crippen molar-refractivity contribution in [2.24, 2.45) is 0 Å². The van der Waals surface area contributed by atoms with Crippen LogP contribution in [-0.2, 0) is 6.54 Å². The van der Waals surface area contributed by atoms with Gasteiger partial charge in [-0.2, -0.15) is 0 Å². The number of halogens is 3. The quantitative estimate of drug-likeness (QED) is 0.501. The Balaban J connectivity index is 1.59. The van der Waals surface area contributed by atoms with E-state index in [0.717, 1.165) is 19.6 Å². The number of benzene rings is 3. The topological polar surface area (TPSA) is 15.7 Å². The molecule has 1 unspecified atom stereocenters. The summed E-state index contributed by atoms with van der Waals surface area (Å²) in [6.07, 6.45) is -4.70. The number of piperazine rings is 1. The summed E-state index contributed by atoms with van der Waals surface area (Å²) in [5.41, 5.74) is 3.01. The van der Waals surface area contributed by atoms with Crippen LogP contribution < -0.4 is 4.74 Å². The molecule has 0 bridgehead atoms. The van der Waals surface area contributed by atoms with Gasteiger partial charge in [0.05, 0.1) is 0 Å². The van der Waals surface area contributed by atoms with Crippen LogP contribution in [0, 0.1) is 0 Å². The summed E-state index contributed by atoms with van der Waals surface area (Å²) in [6, 6.07) is 27.4. The van der Waals surface area contributed by atoms with Crippen molar-refractivity contribution in [3.8, 4) is 5.75 Å². The lowest BCUT2D eigenvalue weighted by Gasteiger charge is -2.43. The number of alkyl halides is 3. The largest absolute Gasteiger partial charge is 0.573 e. The van der Waals surface area contributed by atoms with Gasteiger partial charge >= 0.3 is 6.36 Å². The molecule has 0 spiro atoms. The standard InChI is InChI=1S/C26H27F3N2O/c1-30-16-17-31(18-22-14-8-9-15-24(22)32-26(27,28)29)19-23(30)25(20-10-4-2-5-11-20)21-12-6-3-7-13-21/h2-15,23,25H,16-19H2,1H3. The maximum absolute atomic E-state index is 12.9. The van der Waals surface area contributed by atoms with Gasteiger partial charge in [0.25, 0.3) is 0 Å². The van der Waals surface area contributed by atoms with E-state index in [9.17, 15) is 13.2 Å². The van der Waals surface area contributed by atoms with E-state index in [1.54, 1.807) is 18.2 Å². The van der Waals surface area contributed by atoms with E-state index >= 15 is 0 Å². The summed E-state index contributed by atoms with van der Waals surface area (Å²) >= 11 is 0. The van der Waals surface area contributed by atoms with Crippen molar-refractivity contribution < 1.29 is 17.9 Å². The van der Waals surface area contributed by atoms with Gasteiger partial charge in [-0.25, -0.2) is 0 Å². The molecular weight excluding hydrogens is 413 g/mol. The SMILES string of the molecule is CN1CCN(Cc2ccccc2OC(F)(F)F)CC1C(c1ccccc1)c1ccccc1. The highest BCUT2D eigenvalue weighted by Gasteiger charge is 2.35. The van der Waals surface area contributed by atoms with E-state index in [1.807, 2.05) is 12.1 Å². The molecule has 1 saturated heterocycles. The Morgan fingerprint density at radius 1 is 0.844 bits per heavy atom. The average Bonchev–Trinajstić information content (AvgIpc) is 2.78. The molecule has 0 N–H and O–H groups in total. The molecular formula is C26H27F3N2O. The summed E-state index contributed by atoms with van der Waals surface area (Å²) in [7, 11) is 2.13. The molecule has 1 heterocycles. The molecule has 1 atom stereocenters. The molecule has 3 aromatic carbocycles. The zero-order valence-corrected chi connectivity index (χ0v) is 18.0. The second kappa shape index (κ2) is 9.76. The summed E-state index contributed by atoms with van der Waals surface area (Å²) < 4.78 is 42.8. The molecule has 1 fully saturated rings. The molecule has 6 heteroatoms. The first-order valence-electron chi connectivity index (χ1n) is 10.8. The number of hydrogen-bond donors (Lipinski definition) is 0. The number of rotatable bonds is 6. The van der Waals surface area contributed by atoms with E-state index in [0.29, 0.717) is 12.1 Å². The third-order valence-electron chi connectivity index (χ3n) is 6.07. The van der Waals surface area contributed by atoms with Crippen molar-refractivity contribution in [1.29, 1.82) is 0 Å². The second-order valence-corrected chi connectivity index (χ2v) is 8.24. The zero-order valence-electron chi connectivity index (χ0n) is 18.0. The van der Waals surface area contributed by atoms with Crippen LogP contribution >= 0.6 is 0 Å². The Bertz CT molecular complexity index is 955. The predicted octanol–water partition coefficient (Wildman–Crippen LogP) is 5.53. The molecule has 0 radical (unpaired) electrons. The highest BCUT2D eigenvalue weighted by atomic mass is 19.4. The minimum Gasteiger partial charge on any atom is -0.405 e. The molecule has 0 amide bonds. The van der Waals surface area contributed by atoms with E-state index in [-0.39, 0.29) is 17.7 Å². The Labute approximate surface area is 187 Å². The fraction of sp³-hybridized carbons (Fsp3) is 0.308. The highest BCUT2D eigenvalue weighted by Crippen LogP contribution is 2.33. The third-order valence-corrected chi connectivity index (χ3v) is 6.07. The van der Waals surface area contributed by atoms with Crippen LogP contribution in [0.15, 0.2) is 84.9 Å². The van der Waals surface area contributed by atoms with Crippen LogP contribution in [0.4, 0.5) is 13.2 Å². The molecule has 0 saturated carbocycles. The van der Waals surface area contributed by atoms with Gasteiger partial charge in [0.2, 0.25) is 0 Å². The molecule has 1 aliphatic heterocycles. The van der Waals surface area contributed by atoms with Crippen LogP contribution in [0.5, 0.6) is 5.75 Å². The summed E-state index contributed by atoms with van der Waals surface area (Å²) in [5.74, 6) is 0.0324. The fourth-order valence-electron chi connectivity index (χ4n) is 4.52. The van der Waals surface area contributed by atoms with E-state index in [2.05, 4.69) is 70.1 Å². The van der Waals surface area contributed by atoms with Crippen LogP contribution in [0.25, 0.3) is 0 Å². The molecule has 4 rings (SSSR count). The first-order valence-corrected chi connectivity index (χ1v) is 10.8. The lowest BCUT2D eigenvalue weighted by Crippen LogP contribution is -2.53. The second-order valence-electron chi connectivity index (χ2n) is 8.24. The van der Waals surface area contributed by atoms with Crippen LogP contribution in [-0.4, -0.2) is 48.9 Å². The maximum atomic E-state index is 12.9. The highest BCUT2D eigenvalue weighted by molar-refractivity contribution is 5.36. The summed E-state index contributed by atoms with van der Waals surface area (Å²) in [5, 5.41) is 0. The van der Waals surface area contributed by atoms with Crippen LogP contribution in [0.1, 0.15) is 22.6 Å². The third kappa shape index (κ3) is 5.50. The Morgan fingerprint density at radius 3 is 2.00 bits per heavy atom. The van der Waals surface area contributed by atoms with Gasteiger partial charge in [0.1, 0.15) is 5.75 Å². The Morgan fingerprint density at radius 2 is 1.41 bits per heavy atom. The van der Waals surface area contributed by atoms with Crippen LogP contribution in [0.3, 0.4) is 0 Å². The molecule has 32 heavy (non-hydrogen) atoms. The minimum absolute atomic E-state index is 0.127. The fourth-order valence-corrected chi connectivity index (χ4v) is 4.52. The molecule has 3 aromatic rings. The van der Waals surface area contributed by atoms with Crippen molar-refractivity contribution in [3.63, 3.8) is 0 Å². The first kappa shape index (κ1) is 22.4. The molecule has 1 aliphatic rings. The number of nitrogens with zero attached hydrogens (tertiary/aromatic N) is 2. The molecule has 0 aliphatic carbocycles. The van der Waals surface area contributed by atoms with E-state index in [4.69, 9.17) is 0 Å². The van der Waals surface area contributed by atoms with Gasteiger partial charge in [-0.1, -0.05) is 78.9 Å². The van der Waals surface area contributed by atoms with Crippen molar-refractivity contribution in [2.75, 3.05) is 26.7 Å². The summed E-state index contributed by atoms with van der Waals surface area (Å²) in [6.45, 7) is 2.77. The smallest absolute Gasteiger partial charge is 0.405 e. The predicted molar refractivity (Wildman–Crippen MR) is 120 cm³/mol. The monoisotopic (exact) mass is 440 g/mol. The Hall–Kier alpha value is -2.83. The van der Waals surface area contributed by atoms with Gasteiger partial charge < -0.3 is 4.74 Å².